The summed E-state index contributed by atoms with van der Waals surface area (Å²) < 4.78 is 4.86. The van der Waals surface area contributed by atoms with Gasteiger partial charge in [-0.2, -0.15) is 0 Å². The third-order valence-corrected chi connectivity index (χ3v) is 3.89. The molecule has 0 aromatic heterocycles. The van der Waals surface area contributed by atoms with Crippen LogP contribution < -0.4 is 0 Å². The molecule has 1 heterocycles. The molecule has 1 aliphatic rings. The summed E-state index contributed by atoms with van der Waals surface area (Å²) in [6.07, 6.45) is 1.77. The van der Waals surface area contributed by atoms with E-state index < -0.39 is 0 Å². The Morgan fingerprint density at radius 2 is 2.00 bits per heavy atom. The second kappa shape index (κ2) is 6.66. The second-order valence-electron chi connectivity index (χ2n) is 5.43. The Kier molecular flexibility index (Phi) is 4.90. The van der Waals surface area contributed by atoms with Crippen LogP contribution in [0.15, 0.2) is 30.3 Å². The van der Waals surface area contributed by atoms with Crippen molar-refractivity contribution in [2.24, 2.45) is 5.92 Å². The van der Waals surface area contributed by atoms with Crippen molar-refractivity contribution in [3.8, 4) is 0 Å². The third kappa shape index (κ3) is 3.45. The largest absolute Gasteiger partial charge is 0.468 e. The SMILES string of the molecule is COC(=O)C1CC(C)CCN1CC(=O)c1ccccc1. The number of esters is 1. The van der Waals surface area contributed by atoms with E-state index in [2.05, 4.69) is 6.92 Å². The number of carbonyl (C=O) groups excluding carboxylic acids is 2. The topological polar surface area (TPSA) is 46.6 Å². The standard InChI is InChI=1S/C16H21NO3/c1-12-8-9-17(14(10-12)16(19)20-2)11-15(18)13-6-4-3-5-7-13/h3-7,12,14H,8-11H2,1-2H3. The van der Waals surface area contributed by atoms with Crippen LogP contribution in [0.4, 0.5) is 0 Å². The lowest BCUT2D eigenvalue weighted by atomic mass is 9.92. The molecule has 2 unspecified atom stereocenters. The number of benzene rings is 1. The van der Waals surface area contributed by atoms with Gasteiger partial charge in [-0.1, -0.05) is 37.3 Å². The lowest BCUT2D eigenvalue weighted by molar-refractivity contribution is -0.148. The third-order valence-electron chi connectivity index (χ3n) is 3.89. The van der Waals surface area contributed by atoms with E-state index in [1.165, 1.54) is 7.11 Å². The Morgan fingerprint density at radius 3 is 2.65 bits per heavy atom. The van der Waals surface area contributed by atoms with Crippen molar-refractivity contribution in [3.63, 3.8) is 0 Å². The van der Waals surface area contributed by atoms with Gasteiger partial charge in [-0.25, -0.2) is 0 Å². The van der Waals surface area contributed by atoms with Gasteiger partial charge in [0.25, 0.3) is 0 Å². The number of hydrogen-bond donors (Lipinski definition) is 0. The maximum atomic E-state index is 12.3. The summed E-state index contributed by atoms with van der Waals surface area (Å²) in [6.45, 7) is 3.17. The average Bonchev–Trinajstić information content (AvgIpc) is 2.49. The van der Waals surface area contributed by atoms with Crippen LogP contribution in [0, 0.1) is 5.92 Å². The van der Waals surface area contributed by atoms with Crippen molar-refractivity contribution in [3.05, 3.63) is 35.9 Å². The molecule has 20 heavy (non-hydrogen) atoms. The van der Waals surface area contributed by atoms with E-state index >= 15 is 0 Å². The number of hydrogen-bond acceptors (Lipinski definition) is 4. The first-order chi connectivity index (χ1) is 9.61. The molecule has 108 valence electrons. The van der Waals surface area contributed by atoms with Gasteiger partial charge in [0, 0.05) is 5.56 Å². The minimum Gasteiger partial charge on any atom is -0.468 e. The molecular formula is C16H21NO3. The van der Waals surface area contributed by atoms with Gasteiger partial charge in [-0.3, -0.25) is 14.5 Å². The zero-order chi connectivity index (χ0) is 14.5. The molecule has 1 aromatic carbocycles. The zero-order valence-corrected chi connectivity index (χ0v) is 12.0. The molecular weight excluding hydrogens is 254 g/mol. The predicted octanol–water partition coefficient (Wildman–Crippen LogP) is 2.14. The summed E-state index contributed by atoms with van der Waals surface area (Å²) in [5.74, 6) is 0.300. The van der Waals surface area contributed by atoms with Crippen molar-refractivity contribution >= 4 is 11.8 Å². The van der Waals surface area contributed by atoms with Gasteiger partial charge in [0.1, 0.15) is 6.04 Å². The van der Waals surface area contributed by atoms with Crippen LogP contribution in [0.3, 0.4) is 0 Å². The van der Waals surface area contributed by atoms with Crippen LogP contribution in [0.1, 0.15) is 30.1 Å². The molecule has 0 bridgehead atoms. The van der Waals surface area contributed by atoms with Crippen LogP contribution in [-0.2, 0) is 9.53 Å². The van der Waals surface area contributed by atoms with Crippen molar-refractivity contribution in [2.75, 3.05) is 20.2 Å². The maximum Gasteiger partial charge on any atom is 0.323 e. The summed E-state index contributed by atoms with van der Waals surface area (Å²) in [7, 11) is 1.40. The number of rotatable bonds is 4. The van der Waals surface area contributed by atoms with E-state index in [0.29, 0.717) is 11.5 Å². The number of likely N-dealkylation sites (tertiary alicyclic amines) is 1. The fraction of sp³-hybridized carbons (Fsp3) is 0.500. The highest BCUT2D eigenvalue weighted by molar-refractivity contribution is 5.97. The summed E-state index contributed by atoms with van der Waals surface area (Å²) in [5, 5.41) is 0. The van der Waals surface area contributed by atoms with Gasteiger partial charge in [-0.05, 0) is 25.3 Å². The van der Waals surface area contributed by atoms with E-state index in [0.717, 1.165) is 19.4 Å². The summed E-state index contributed by atoms with van der Waals surface area (Å²) in [4.78, 5) is 26.1. The molecule has 0 spiro atoms. The van der Waals surface area contributed by atoms with Gasteiger partial charge < -0.3 is 4.74 Å². The van der Waals surface area contributed by atoms with E-state index in [9.17, 15) is 9.59 Å². The lowest BCUT2D eigenvalue weighted by Gasteiger charge is -2.36. The monoisotopic (exact) mass is 275 g/mol. The fourth-order valence-corrected chi connectivity index (χ4v) is 2.66. The number of carbonyl (C=O) groups is 2. The van der Waals surface area contributed by atoms with Crippen molar-refractivity contribution in [2.45, 2.75) is 25.8 Å². The van der Waals surface area contributed by atoms with E-state index in [4.69, 9.17) is 4.74 Å². The van der Waals surface area contributed by atoms with Gasteiger partial charge in [0.15, 0.2) is 5.78 Å². The molecule has 1 fully saturated rings. The minimum absolute atomic E-state index is 0.0501. The molecule has 1 aromatic rings. The minimum atomic E-state index is -0.295. The van der Waals surface area contributed by atoms with Gasteiger partial charge >= 0.3 is 5.97 Å². The van der Waals surface area contributed by atoms with Crippen molar-refractivity contribution in [1.82, 2.24) is 4.90 Å². The maximum absolute atomic E-state index is 12.3. The van der Waals surface area contributed by atoms with Gasteiger partial charge in [0.05, 0.1) is 13.7 Å². The predicted molar refractivity (Wildman–Crippen MR) is 76.5 cm³/mol. The molecule has 0 amide bonds. The highest BCUT2D eigenvalue weighted by Crippen LogP contribution is 2.23. The normalized spacial score (nSPS) is 23.3. The van der Waals surface area contributed by atoms with Gasteiger partial charge in [-0.15, -0.1) is 0 Å². The molecule has 0 saturated carbocycles. The molecule has 0 N–H and O–H groups in total. The Labute approximate surface area is 119 Å². The second-order valence-corrected chi connectivity index (χ2v) is 5.43. The summed E-state index contributed by atoms with van der Waals surface area (Å²) >= 11 is 0. The number of methoxy groups -OCH3 is 1. The summed E-state index contributed by atoms with van der Waals surface area (Å²) in [5.41, 5.74) is 0.690. The molecule has 2 rings (SSSR count). The molecule has 2 atom stereocenters. The Hall–Kier alpha value is -1.68. The Morgan fingerprint density at radius 1 is 1.30 bits per heavy atom. The molecule has 0 radical (unpaired) electrons. The molecule has 1 aliphatic heterocycles. The van der Waals surface area contributed by atoms with E-state index in [-0.39, 0.29) is 24.3 Å². The number of Topliss-reactive ketones (excluding diaryl/α,β-unsaturated/α-hetero) is 1. The molecule has 1 saturated heterocycles. The quantitative estimate of drug-likeness (QED) is 0.624. The van der Waals surface area contributed by atoms with Crippen LogP contribution in [0.2, 0.25) is 0 Å². The van der Waals surface area contributed by atoms with Crippen LogP contribution >= 0.6 is 0 Å². The number of piperidine rings is 1. The van der Waals surface area contributed by atoms with Gasteiger partial charge in [0.2, 0.25) is 0 Å². The average molecular weight is 275 g/mol. The van der Waals surface area contributed by atoms with Crippen molar-refractivity contribution in [1.29, 1.82) is 0 Å². The molecule has 4 nitrogen and oxygen atoms in total. The first-order valence-electron chi connectivity index (χ1n) is 7.02. The van der Waals surface area contributed by atoms with Crippen molar-refractivity contribution < 1.29 is 14.3 Å². The number of nitrogens with zero attached hydrogens (tertiary/aromatic N) is 1. The molecule has 4 heteroatoms. The van der Waals surface area contributed by atoms with E-state index in [1.807, 2.05) is 35.2 Å². The highest BCUT2D eigenvalue weighted by atomic mass is 16.5. The van der Waals surface area contributed by atoms with Crippen LogP contribution in [-0.4, -0.2) is 42.9 Å². The Bertz CT molecular complexity index is 472. The first kappa shape index (κ1) is 14.7. The van der Waals surface area contributed by atoms with Crippen LogP contribution in [0.5, 0.6) is 0 Å². The smallest absolute Gasteiger partial charge is 0.323 e. The fourth-order valence-electron chi connectivity index (χ4n) is 2.66. The highest BCUT2D eigenvalue weighted by Gasteiger charge is 2.33. The number of ketones is 1. The van der Waals surface area contributed by atoms with Crippen LogP contribution in [0.25, 0.3) is 0 Å². The zero-order valence-electron chi connectivity index (χ0n) is 12.0. The Balaban J connectivity index is 2.06. The summed E-state index contributed by atoms with van der Waals surface area (Å²) in [6, 6.07) is 8.91. The molecule has 0 aliphatic carbocycles. The lowest BCUT2D eigenvalue weighted by Crippen LogP contribution is -2.49. The number of ether oxygens (including phenoxy) is 1. The van der Waals surface area contributed by atoms with E-state index in [1.54, 1.807) is 0 Å². The first-order valence-corrected chi connectivity index (χ1v) is 7.02.